The van der Waals surface area contributed by atoms with Crippen LogP contribution in [0.2, 0.25) is 0 Å². The summed E-state index contributed by atoms with van der Waals surface area (Å²) >= 11 is 0. The van der Waals surface area contributed by atoms with E-state index in [1.807, 2.05) is 0 Å². The normalized spacial score (nSPS) is 25.9. The molecule has 2 aliphatic rings. The Bertz CT molecular complexity index is 171. The third kappa shape index (κ3) is 2.48. The van der Waals surface area contributed by atoms with Crippen molar-refractivity contribution in [2.75, 3.05) is 13.1 Å². The number of hydrogen-bond donors (Lipinski definition) is 1. The predicted octanol–water partition coefficient (Wildman–Crippen LogP) is 1.99. The van der Waals surface area contributed by atoms with Crippen LogP contribution in [0.4, 0.5) is 0 Å². The summed E-state index contributed by atoms with van der Waals surface area (Å²) in [6.45, 7) is 4.59. The highest BCUT2D eigenvalue weighted by Crippen LogP contribution is 2.30. The number of rotatable bonds is 5. The maximum Gasteiger partial charge on any atom is 0.0196 e. The fourth-order valence-corrected chi connectivity index (χ4v) is 2.78. The molecule has 2 saturated carbocycles. The molecule has 0 aromatic carbocycles. The molecule has 82 valence electrons. The van der Waals surface area contributed by atoms with Gasteiger partial charge in [0.25, 0.3) is 0 Å². The molecule has 2 rings (SSSR count). The van der Waals surface area contributed by atoms with Crippen LogP contribution >= 0.6 is 0 Å². The van der Waals surface area contributed by atoms with E-state index in [4.69, 9.17) is 5.73 Å². The molecule has 2 aliphatic carbocycles. The van der Waals surface area contributed by atoms with Gasteiger partial charge in [0.1, 0.15) is 0 Å². The Labute approximate surface area is 87.8 Å². The molecular formula is C12H24N2. The summed E-state index contributed by atoms with van der Waals surface area (Å²) in [5.41, 5.74) is 6.28. The Morgan fingerprint density at radius 3 is 2.36 bits per heavy atom. The summed E-state index contributed by atoms with van der Waals surface area (Å²) in [6, 6.07) is 1.32. The van der Waals surface area contributed by atoms with Gasteiger partial charge in [0, 0.05) is 18.6 Å². The van der Waals surface area contributed by atoms with Crippen LogP contribution in [-0.4, -0.2) is 30.1 Å². The quantitative estimate of drug-likeness (QED) is 0.728. The summed E-state index contributed by atoms with van der Waals surface area (Å²) in [7, 11) is 0. The second kappa shape index (κ2) is 4.63. The van der Waals surface area contributed by atoms with Crippen LogP contribution in [0.15, 0.2) is 0 Å². The number of nitrogens with two attached hydrogens (primary N) is 1. The van der Waals surface area contributed by atoms with Crippen molar-refractivity contribution in [3.05, 3.63) is 0 Å². The second-order valence-corrected chi connectivity index (χ2v) is 5.03. The van der Waals surface area contributed by atoms with E-state index < -0.39 is 0 Å². The fourth-order valence-electron chi connectivity index (χ4n) is 2.78. The van der Waals surface area contributed by atoms with Crippen molar-refractivity contribution in [3.8, 4) is 0 Å². The van der Waals surface area contributed by atoms with Gasteiger partial charge in [0.15, 0.2) is 0 Å². The Morgan fingerprint density at radius 2 is 1.86 bits per heavy atom. The molecule has 0 radical (unpaired) electrons. The summed E-state index contributed by atoms with van der Waals surface area (Å²) in [4.78, 5) is 2.59. The molecule has 0 aromatic heterocycles. The first-order chi connectivity index (χ1) is 6.81. The van der Waals surface area contributed by atoms with Crippen LogP contribution in [0, 0.1) is 5.92 Å². The molecule has 0 aromatic rings. The van der Waals surface area contributed by atoms with E-state index in [1.165, 1.54) is 45.1 Å². The Kier molecular flexibility index (Phi) is 3.45. The van der Waals surface area contributed by atoms with Crippen molar-refractivity contribution in [2.45, 2.75) is 57.5 Å². The lowest BCUT2D eigenvalue weighted by atomic mass is 9.98. The lowest BCUT2D eigenvalue weighted by Gasteiger charge is -2.27. The van der Waals surface area contributed by atoms with Crippen LogP contribution in [0.3, 0.4) is 0 Å². The van der Waals surface area contributed by atoms with E-state index in [0.29, 0.717) is 6.04 Å². The maximum absolute atomic E-state index is 6.28. The zero-order chi connectivity index (χ0) is 9.97. The van der Waals surface area contributed by atoms with E-state index in [1.54, 1.807) is 0 Å². The summed E-state index contributed by atoms with van der Waals surface area (Å²) in [6.07, 6.45) is 8.39. The van der Waals surface area contributed by atoms with Crippen LogP contribution in [-0.2, 0) is 0 Å². The molecular weight excluding hydrogens is 172 g/mol. The molecule has 1 atom stereocenters. The fraction of sp³-hybridized carbons (Fsp3) is 1.00. The van der Waals surface area contributed by atoms with Crippen molar-refractivity contribution in [3.63, 3.8) is 0 Å². The number of hydrogen-bond acceptors (Lipinski definition) is 2. The molecule has 0 spiro atoms. The molecule has 2 fully saturated rings. The molecule has 14 heavy (non-hydrogen) atoms. The number of likely N-dealkylation sites (N-methyl/N-ethyl adjacent to an activating group) is 1. The van der Waals surface area contributed by atoms with Crippen LogP contribution in [0.1, 0.15) is 45.4 Å². The van der Waals surface area contributed by atoms with Gasteiger partial charge >= 0.3 is 0 Å². The van der Waals surface area contributed by atoms with Gasteiger partial charge in [0.05, 0.1) is 0 Å². The first-order valence-corrected chi connectivity index (χ1v) is 6.31. The topological polar surface area (TPSA) is 29.3 Å². The van der Waals surface area contributed by atoms with Crippen LogP contribution in [0.25, 0.3) is 0 Å². The molecule has 0 amide bonds. The van der Waals surface area contributed by atoms with E-state index >= 15 is 0 Å². The van der Waals surface area contributed by atoms with Gasteiger partial charge in [-0.1, -0.05) is 19.8 Å². The van der Waals surface area contributed by atoms with Gasteiger partial charge in [-0.2, -0.15) is 0 Å². The second-order valence-electron chi connectivity index (χ2n) is 5.03. The highest BCUT2D eigenvalue weighted by Gasteiger charge is 2.31. The van der Waals surface area contributed by atoms with Crippen LogP contribution < -0.4 is 5.73 Å². The highest BCUT2D eigenvalue weighted by molar-refractivity contribution is 4.88. The monoisotopic (exact) mass is 196 g/mol. The summed E-state index contributed by atoms with van der Waals surface area (Å²) in [5, 5.41) is 0. The lowest BCUT2D eigenvalue weighted by Crippen LogP contribution is -2.42. The van der Waals surface area contributed by atoms with Gasteiger partial charge in [-0.15, -0.1) is 0 Å². The molecule has 0 aliphatic heterocycles. The smallest absolute Gasteiger partial charge is 0.0196 e. The van der Waals surface area contributed by atoms with E-state index in [-0.39, 0.29) is 0 Å². The minimum atomic E-state index is 0.443. The minimum absolute atomic E-state index is 0.443. The van der Waals surface area contributed by atoms with Crippen molar-refractivity contribution < 1.29 is 0 Å². The molecule has 2 N–H and O–H groups in total. The van der Waals surface area contributed by atoms with Gasteiger partial charge in [0.2, 0.25) is 0 Å². The summed E-state index contributed by atoms with van der Waals surface area (Å²) < 4.78 is 0. The summed E-state index contributed by atoms with van der Waals surface area (Å²) in [5.74, 6) is 0.822. The van der Waals surface area contributed by atoms with E-state index in [9.17, 15) is 0 Å². The van der Waals surface area contributed by atoms with E-state index in [0.717, 1.165) is 18.5 Å². The zero-order valence-corrected chi connectivity index (χ0v) is 9.41. The van der Waals surface area contributed by atoms with Crippen molar-refractivity contribution >= 4 is 0 Å². The van der Waals surface area contributed by atoms with E-state index in [2.05, 4.69) is 11.8 Å². The third-order valence-corrected chi connectivity index (χ3v) is 3.92. The Morgan fingerprint density at radius 1 is 1.21 bits per heavy atom. The third-order valence-electron chi connectivity index (χ3n) is 3.92. The average Bonchev–Trinajstić information content (AvgIpc) is 2.88. The average molecular weight is 196 g/mol. The Balaban J connectivity index is 1.76. The maximum atomic E-state index is 6.28. The molecule has 2 heteroatoms. The van der Waals surface area contributed by atoms with Gasteiger partial charge in [-0.05, 0) is 38.1 Å². The largest absolute Gasteiger partial charge is 0.326 e. The van der Waals surface area contributed by atoms with Gasteiger partial charge < -0.3 is 5.73 Å². The predicted molar refractivity (Wildman–Crippen MR) is 60.2 cm³/mol. The molecule has 0 bridgehead atoms. The Hall–Kier alpha value is -0.0800. The van der Waals surface area contributed by atoms with Gasteiger partial charge in [-0.3, -0.25) is 4.90 Å². The van der Waals surface area contributed by atoms with Crippen molar-refractivity contribution in [1.82, 2.24) is 4.90 Å². The molecule has 2 nitrogen and oxygen atoms in total. The lowest BCUT2D eigenvalue weighted by molar-refractivity contribution is 0.231. The minimum Gasteiger partial charge on any atom is -0.326 e. The zero-order valence-electron chi connectivity index (χ0n) is 9.41. The van der Waals surface area contributed by atoms with Gasteiger partial charge in [-0.25, -0.2) is 0 Å². The molecule has 0 saturated heterocycles. The number of nitrogens with zero attached hydrogens (tertiary/aromatic N) is 1. The van der Waals surface area contributed by atoms with Crippen LogP contribution in [0.5, 0.6) is 0 Å². The van der Waals surface area contributed by atoms with Crippen molar-refractivity contribution in [1.29, 1.82) is 0 Å². The standard InChI is InChI=1S/C12H24N2/c1-2-14(11-7-8-11)9-12(13)10-5-3-4-6-10/h10-12H,2-9,13H2,1H3. The highest BCUT2D eigenvalue weighted by atomic mass is 15.2. The first-order valence-electron chi connectivity index (χ1n) is 6.31. The SMILES string of the molecule is CCN(CC(N)C1CCCC1)C1CC1. The molecule has 0 heterocycles. The van der Waals surface area contributed by atoms with Crippen molar-refractivity contribution in [2.24, 2.45) is 11.7 Å². The molecule has 1 unspecified atom stereocenters. The first kappa shape index (κ1) is 10.4.